The molecule has 2 heterocycles. The van der Waals surface area contributed by atoms with E-state index in [4.69, 9.17) is 5.73 Å². The number of hydrogen-bond acceptors (Lipinski definition) is 3. The van der Waals surface area contributed by atoms with Crippen molar-refractivity contribution in [3.63, 3.8) is 0 Å². The quantitative estimate of drug-likeness (QED) is 0.765. The van der Waals surface area contributed by atoms with Gasteiger partial charge in [0.2, 0.25) is 0 Å². The molecule has 0 aliphatic carbocycles. The third-order valence-corrected chi connectivity index (χ3v) is 2.15. The Kier molecular flexibility index (Phi) is 2.22. The van der Waals surface area contributed by atoms with Crippen molar-refractivity contribution in [1.82, 2.24) is 19.3 Å². The third kappa shape index (κ3) is 1.76. The zero-order valence-corrected chi connectivity index (χ0v) is 8.09. The number of rotatable bonds is 3. The summed E-state index contributed by atoms with van der Waals surface area (Å²) in [5.74, 6) is 0.564. The maximum absolute atomic E-state index is 5.64. The number of nitrogens with two attached hydrogens (primary N) is 1. The van der Waals surface area contributed by atoms with Crippen molar-refractivity contribution in [3.8, 4) is 0 Å². The highest BCUT2D eigenvalue weighted by Crippen LogP contribution is 2.03. The van der Waals surface area contributed by atoms with Crippen LogP contribution in [-0.2, 0) is 20.0 Å². The Bertz CT molecular complexity index is 414. The van der Waals surface area contributed by atoms with Crippen LogP contribution in [0, 0.1) is 0 Å². The second kappa shape index (κ2) is 3.53. The summed E-state index contributed by atoms with van der Waals surface area (Å²) in [7, 11) is 1.91. The van der Waals surface area contributed by atoms with Crippen molar-refractivity contribution < 1.29 is 0 Å². The number of imidazole rings is 1. The molecule has 2 rings (SSSR count). The zero-order valence-electron chi connectivity index (χ0n) is 8.09. The van der Waals surface area contributed by atoms with Crippen LogP contribution in [0.1, 0.15) is 5.56 Å². The molecule has 0 spiro atoms. The van der Waals surface area contributed by atoms with Crippen LogP contribution in [0.25, 0.3) is 0 Å². The Balaban J connectivity index is 1.98. The normalized spacial score (nSPS) is 10.6. The van der Waals surface area contributed by atoms with Crippen LogP contribution in [0.15, 0.2) is 24.8 Å². The molecule has 0 radical (unpaired) electrons. The fraction of sp³-hybridized carbons (Fsp3) is 0.333. The number of hydrogen-bond donors (Lipinski definition) is 1. The van der Waals surface area contributed by atoms with Gasteiger partial charge in [-0.15, -0.1) is 0 Å². The standard InChI is InChI=1S/C9H13N5/c1-13-7-8(6-12-13)2-4-14-5-3-11-9(14)10/h3,5-7H,2,4H2,1H3,(H2,10,11). The van der Waals surface area contributed by atoms with Gasteiger partial charge in [-0.25, -0.2) is 4.98 Å². The van der Waals surface area contributed by atoms with Gasteiger partial charge >= 0.3 is 0 Å². The zero-order chi connectivity index (χ0) is 9.97. The molecule has 0 unspecified atom stereocenters. The maximum Gasteiger partial charge on any atom is 0.200 e. The van der Waals surface area contributed by atoms with Gasteiger partial charge in [-0.05, 0) is 12.0 Å². The Morgan fingerprint density at radius 3 is 2.93 bits per heavy atom. The lowest BCUT2D eigenvalue weighted by atomic mass is 10.2. The van der Waals surface area contributed by atoms with Crippen LogP contribution in [-0.4, -0.2) is 19.3 Å². The van der Waals surface area contributed by atoms with Crippen LogP contribution >= 0.6 is 0 Å². The highest BCUT2D eigenvalue weighted by Gasteiger charge is 1.99. The van der Waals surface area contributed by atoms with Crippen molar-refractivity contribution in [2.24, 2.45) is 7.05 Å². The van der Waals surface area contributed by atoms with E-state index in [-0.39, 0.29) is 0 Å². The van der Waals surface area contributed by atoms with E-state index in [9.17, 15) is 0 Å². The molecule has 2 aromatic heterocycles. The van der Waals surface area contributed by atoms with Crippen molar-refractivity contribution in [3.05, 3.63) is 30.4 Å². The lowest BCUT2D eigenvalue weighted by Gasteiger charge is -2.01. The first-order valence-electron chi connectivity index (χ1n) is 4.50. The van der Waals surface area contributed by atoms with Gasteiger partial charge in [0.15, 0.2) is 5.95 Å². The fourth-order valence-corrected chi connectivity index (χ4v) is 1.38. The molecular formula is C9H13N5. The van der Waals surface area contributed by atoms with Crippen molar-refractivity contribution in [2.45, 2.75) is 13.0 Å². The van der Waals surface area contributed by atoms with E-state index >= 15 is 0 Å². The molecule has 74 valence electrons. The van der Waals surface area contributed by atoms with E-state index < -0.39 is 0 Å². The Hall–Kier alpha value is -1.78. The lowest BCUT2D eigenvalue weighted by Crippen LogP contribution is -2.04. The van der Waals surface area contributed by atoms with Crippen LogP contribution in [0.2, 0.25) is 0 Å². The van der Waals surface area contributed by atoms with Gasteiger partial charge in [-0.2, -0.15) is 5.10 Å². The molecule has 0 aromatic carbocycles. The van der Waals surface area contributed by atoms with Crippen LogP contribution in [0.5, 0.6) is 0 Å². The van der Waals surface area contributed by atoms with Crippen LogP contribution in [0.3, 0.4) is 0 Å². The Morgan fingerprint density at radius 1 is 1.50 bits per heavy atom. The summed E-state index contributed by atoms with van der Waals surface area (Å²) in [6.07, 6.45) is 8.39. The summed E-state index contributed by atoms with van der Waals surface area (Å²) in [4.78, 5) is 3.95. The molecule has 5 heteroatoms. The summed E-state index contributed by atoms with van der Waals surface area (Å²) in [5, 5.41) is 4.10. The van der Waals surface area contributed by atoms with Crippen molar-refractivity contribution in [1.29, 1.82) is 0 Å². The smallest absolute Gasteiger partial charge is 0.200 e. The average Bonchev–Trinajstić information content (AvgIpc) is 2.72. The molecule has 14 heavy (non-hydrogen) atoms. The Morgan fingerprint density at radius 2 is 2.36 bits per heavy atom. The molecule has 5 nitrogen and oxygen atoms in total. The van der Waals surface area contributed by atoms with E-state index in [0.717, 1.165) is 13.0 Å². The summed E-state index contributed by atoms with van der Waals surface area (Å²) >= 11 is 0. The first-order chi connectivity index (χ1) is 6.75. The highest BCUT2D eigenvalue weighted by atomic mass is 15.2. The minimum Gasteiger partial charge on any atom is -0.369 e. The largest absolute Gasteiger partial charge is 0.369 e. The van der Waals surface area contributed by atoms with Crippen LogP contribution in [0.4, 0.5) is 5.95 Å². The predicted octanol–water partition coefficient (Wildman–Crippen LogP) is 0.441. The molecule has 2 N–H and O–H groups in total. The van der Waals surface area contributed by atoms with Gasteiger partial charge in [0.1, 0.15) is 0 Å². The molecule has 0 amide bonds. The first-order valence-corrected chi connectivity index (χ1v) is 4.50. The summed E-state index contributed by atoms with van der Waals surface area (Å²) in [6, 6.07) is 0. The second-order valence-corrected chi connectivity index (χ2v) is 3.25. The van der Waals surface area contributed by atoms with E-state index in [0.29, 0.717) is 5.95 Å². The highest BCUT2D eigenvalue weighted by molar-refractivity contribution is 5.17. The maximum atomic E-state index is 5.64. The second-order valence-electron chi connectivity index (χ2n) is 3.25. The first kappa shape index (κ1) is 8.80. The van der Waals surface area contributed by atoms with Gasteiger partial charge in [0.25, 0.3) is 0 Å². The van der Waals surface area contributed by atoms with E-state index in [1.54, 1.807) is 10.9 Å². The molecule has 0 saturated carbocycles. The lowest BCUT2D eigenvalue weighted by molar-refractivity contribution is 0.704. The molecule has 0 aliphatic heterocycles. The van der Waals surface area contributed by atoms with Gasteiger partial charge in [-0.3, -0.25) is 4.68 Å². The fourth-order valence-electron chi connectivity index (χ4n) is 1.38. The molecule has 0 atom stereocenters. The molecule has 0 fully saturated rings. The minimum atomic E-state index is 0.564. The van der Waals surface area contributed by atoms with E-state index in [2.05, 4.69) is 10.1 Å². The number of nitrogen functional groups attached to an aromatic ring is 1. The summed E-state index contributed by atoms with van der Waals surface area (Å²) < 4.78 is 3.72. The average molecular weight is 191 g/mol. The van der Waals surface area contributed by atoms with Crippen LogP contribution < -0.4 is 5.73 Å². The van der Waals surface area contributed by atoms with Gasteiger partial charge in [0, 0.05) is 32.2 Å². The molecule has 0 saturated heterocycles. The van der Waals surface area contributed by atoms with E-state index in [1.807, 2.05) is 30.2 Å². The molecule has 0 bridgehead atoms. The SMILES string of the molecule is Cn1cc(CCn2ccnc2N)cn1. The van der Waals surface area contributed by atoms with Crippen molar-refractivity contribution in [2.75, 3.05) is 5.73 Å². The molecule has 2 aromatic rings. The molecular weight excluding hydrogens is 178 g/mol. The minimum absolute atomic E-state index is 0.564. The van der Waals surface area contributed by atoms with Crippen molar-refractivity contribution >= 4 is 5.95 Å². The number of aromatic nitrogens is 4. The third-order valence-electron chi connectivity index (χ3n) is 2.15. The number of anilines is 1. The summed E-state index contributed by atoms with van der Waals surface area (Å²) in [5.41, 5.74) is 6.85. The van der Waals surface area contributed by atoms with E-state index in [1.165, 1.54) is 5.56 Å². The summed E-state index contributed by atoms with van der Waals surface area (Å²) in [6.45, 7) is 0.845. The topological polar surface area (TPSA) is 61.7 Å². The number of nitrogens with zero attached hydrogens (tertiary/aromatic N) is 4. The predicted molar refractivity (Wildman–Crippen MR) is 53.6 cm³/mol. The Labute approximate surface area is 82.2 Å². The van der Waals surface area contributed by atoms with Gasteiger partial charge in [0.05, 0.1) is 6.20 Å². The monoisotopic (exact) mass is 191 g/mol. The molecule has 0 aliphatic rings. The van der Waals surface area contributed by atoms with Gasteiger partial charge < -0.3 is 10.3 Å². The number of aryl methyl sites for hydroxylation is 3. The van der Waals surface area contributed by atoms with Gasteiger partial charge in [-0.1, -0.05) is 0 Å².